The molecule has 0 saturated carbocycles. The Kier molecular flexibility index (Phi) is 2.88. The van der Waals surface area contributed by atoms with E-state index in [0.29, 0.717) is 5.69 Å². The van der Waals surface area contributed by atoms with Gasteiger partial charge in [-0.1, -0.05) is 0 Å². The topological polar surface area (TPSA) is 112 Å². The smallest absolute Gasteiger partial charge is 0.330 e. The molecular formula is C13H16N2O7. The van der Waals surface area contributed by atoms with Crippen molar-refractivity contribution in [2.75, 3.05) is 0 Å². The second-order valence-electron chi connectivity index (χ2n) is 6.06. The number of nitrogens with one attached hydrogen (secondary N) is 1. The molecule has 0 aliphatic carbocycles. The second-order valence-corrected chi connectivity index (χ2v) is 6.06. The van der Waals surface area contributed by atoms with E-state index in [9.17, 15) is 14.7 Å². The number of aliphatic hydroxyl groups excluding tert-OH is 1. The van der Waals surface area contributed by atoms with Gasteiger partial charge in [-0.2, -0.15) is 0 Å². The minimum atomic E-state index is -1.24. The molecule has 2 saturated heterocycles. The monoisotopic (exact) mass is 312 g/mol. The summed E-state index contributed by atoms with van der Waals surface area (Å²) in [5.74, 6) is -0.861. The van der Waals surface area contributed by atoms with E-state index >= 15 is 0 Å². The molecule has 0 spiro atoms. The van der Waals surface area contributed by atoms with E-state index < -0.39 is 47.9 Å². The molecule has 2 bridgehead atoms. The summed E-state index contributed by atoms with van der Waals surface area (Å²) >= 11 is 0. The van der Waals surface area contributed by atoms with Crippen molar-refractivity contribution in [1.82, 2.24) is 9.55 Å². The van der Waals surface area contributed by atoms with Crippen LogP contribution in [0.25, 0.3) is 0 Å². The predicted octanol–water partition coefficient (Wildman–Crippen LogP) is -1.20. The first-order valence-corrected chi connectivity index (χ1v) is 7.01. The van der Waals surface area contributed by atoms with Gasteiger partial charge in [0.1, 0.15) is 18.3 Å². The molecule has 9 heteroatoms. The fourth-order valence-corrected chi connectivity index (χ4v) is 3.25. The van der Waals surface area contributed by atoms with Crippen LogP contribution in [0.5, 0.6) is 0 Å². The Labute approximate surface area is 124 Å². The van der Waals surface area contributed by atoms with Gasteiger partial charge in [0, 0.05) is 6.07 Å². The van der Waals surface area contributed by atoms with Crippen LogP contribution in [-0.4, -0.2) is 45.0 Å². The fourth-order valence-electron chi connectivity index (χ4n) is 3.25. The molecule has 5 atom stereocenters. The number of hydrogen-bond acceptors (Lipinski definition) is 7. The summed E-state index contributed by atoms with van der Waals surface area (Å²) in [6, 6.07) is 1.24. The minimum Gasteiger partial charge on any atom is -0.366 e. The number of aromatic amines is 1. The van der Waals surface area contributed by atoms with Crippen LogP contribution < -0.4 is 11.2 Å². The maximum atomic E-state index is 12.2. The van der Waals surface area contributed by atoms with Crippen LogP contribution >= 0.6 is 0 Å². The summed E-state index contributed by atoms with van der Waals surface area (Å²) in [4.78, 5) is 25.9. The van der Waals surface area contributed by atoms with Gasteiger partial charge in [-0.15, -0.1) is 0 Å². The molecular weight excluding hydrogens is 296 g/mol. The molecule has 0 aromatic carbocycles. The zero-order chi connectivity index (χ0) is 15.6. The van der Waals surface area contributed by atoms with E-state index in [0.717, 1.165) is 0 Å². The molecule has 4 rings (SSSR count). The highest BCUT2D eigenvalue weighted by Gasteiger charge is 2.59. The highest BCUT2D eigenvalue weighted by atomic mass is 16.8. The standard InChI is InChI=1S/C13H16N2O7/c1-13(2)21-7-8(22-13)10-15-5(3-6(16)14-12(15)18)4-19-11(17)9(7)20-10/h3,7-11,17H,4H2,1-2H3,(H,14,16,18)/t7-,8+,9-,10+,11?/m0/s1. The molecule has 2 fully saturated rings. The van der Waals surface area contributed by atoms with Crippen molar-refractivity contribution in [1.29, 1.82) is 0 Å². The molecule has 9 nitrogen and oxygen atoms in total. The summed E-state index contributed by atoms with van der Waals surface area (Å²) in [5, 5.41) is 10.1. The van der Waals surface area contributed by atoms with E-state index in [4.69, 9.17) is 18.9 Å². The predicted molar refractivity (Wildman–Crippen MR) is 69.9 cm³/mol. The van der Waals surface area contributed by atoms with Crippen molar-refractivity contribution in [3.63, 3.8) is 0 Å². The van der Waals surface area contributed by atoms with Gasteiger partial charge in [-0.3, -0.25) is 14.3 Å². The molecule has 1 aromatic rings. The molecule has 1 aromatic heterocycles. The van der Waals surface area contributed by atoms with Gasteiger partial charge < -0.3 is 24.1 Å². The van der Waals surface area contributed by atoms with Crippen molar-refractivity contribution in [2.45, 2.75) is 57.1 Å². The van der Waals surface area contributed by atoms with E-state index in [2.05, 4.69) is 4.98 Å². The minimum absolute atomic E-state index is 0.0838. The van der Waals surface area contributed by atoms with Gasteiger partial charge >= 0.3 is 5.69 Å². The van der Waals surface area contributed by atoms with Crippen LogP contribution in [0.4, 0.5) is 0 Å². The van der Waals surface area contributed by atoms with Crippen LogP contribution in [0.15, 0.2) is 15.7 Å². The zero-order valence-corrected chi connectivity index (χ0v) is 12.0. The van der Waals surface area contributed by atoms with Crippen molar-refractivity contribution in [3.8, 4) is 0 Å². The molecule has 0 radical (unpaired) electrons. The summed E-state index contributed by atoms with van der Waals surface area (Å²) in [7, 11) is 0. The largest absolute Gasteiger partial charge is 0.366 e. The lowest BCUT2D eigenvalue weighted by atomic mass is 10.1. The second kappa shape index (κ2) is 4.49. The number of hydrogen-bond donors (Lipinski definition) is 2. The molecule has 22 heavy (non-hydrogen) atoms. The van der Waals surface area contributed by atoms with E-state index in [1.54, 1.807) is 13.8 Å². The first-order valence-electron chi connectivity index (χ1n) is 7.01. The lowest BCUT2D eigenvalue weighted by Crippen LogP contribution is -2.42. The number of aromatic nitrogens is 2. The average Bonchev–Trinajstić information content (AvgIpc) is 2.88. The number of aliphatic hydroxyl groups is 1. The van der Waals surface area contributed by atoms with E-state index in [1.165, 1.54) is 10.6 Å². The molecule has 2 N–H and O–H groups in total. The highest BCUT2D eigenvalue weighted by Crippen LogP contribution is 2.44. The van der Waals surface area contributed by atoms with Gasteiger partial charge in [-0.05, 0) is 13.8 Å². The van der Waals surface area contributed by atoms with E-state index in [1.807, 2.05) is 0 Å². The number of nitrogens with zero attached hydrogens (tertiary/aromatic N) is 1. The van der Waals surface area contributed by atoms with E-state index in [-0.39, 0.29) is 6.61 Å². The maximum Gasteiger partial charge on any atom is 0.330 e. The Morgan fingerprint density at radius 1 is 1.27 bits per heavy atom. The normalized spacial score (nSPS) is 39.0. The summed E-state index contributed by atoms with van der Waals surface area (Å²) in [6.07, 6.45) is -3.96. The Hall–Kier alpha value is -1.52. The van der Waals surface area contributed by atoms with Crippen LogP contribution in [0.1, 0.15) is 25.8 Å². The first kappa shape index (κ1) is 14.1. The lowest BCUT2D eigenvalue weighted by Gasteiger charge is -2.30. The van der Waals surface area contributed by atoms with Crippen LogP contribution in [0.2, 0.25) is 0 Å². The third kappa shape index (κ3) is 1.97. The van der Waals surface area contributed by atoms with Gasteiger partial charge in [0.15, 0.2) is 18.3 Å². The highest BCUT2D eigenvalue weighted by molar-refractivity contribution is 5.07. The summed E-state index contributed by atoms with van der Waals surface area (Å²) in [5.41, 5.74) is -0.838. The molecule has 3 aliphatic rings. The lowest BCUT2D eigenvalue weighted by molar-refractivity contribution is -0.250. The van der Waals surface area contributed by atoms with Gasteiger partial charge in [0.2, 0.25) is 0 Å². The maximum absolute atomic E-state index is 12.2. The third-order valence-electron chi connectivity index (χ3n) is 4.06. The SMILES string of the molecule is CC1(C)O[C@@H]2[C@H](O1)[C@@H]1O[C@H]2n2c(cc(=O)[nH]c2=O)COC1O. The number of fused-ring (bicyclic) bond motifs is 7. The van der Waals surface area contributed by atoms with Crippen LogP contribution in [-0.2, 0) is 25.6 Å². The third-order valence-corrected chi connectivity index (χ3v) is 4.06. The van der Waals surface area contributed by atoms with Crippen molar-refractivity contribution >= 4 is 0 Å². The summed E-state index contributed by atoms with van der Waals surface area (Å²) in [6.45, 7) is 3.41. The Bertz CT molecular complexity index is 724. The molecule has 3 aliphatic heterocycles. The molecule has 0 amide bonds. The first-order chi connectivity index (χ1) is 10.4. The summed E-state index contributed by atoms with van der Waals surface area (Å²) < 4.78 is 23.9. The molecule has 4 heterocycles. The Morgan fingerprint density at radius 3 is 2.77 bits per heavy atom. The van der Waals surface area contributed by atoms with Crippen molar-refractivity contribution in [3.05, 3.63) is 32.6 Å². The van der Waals surface area contributed by atoms with Gasteiger partial charge in [0.05, 0.1) is 12.3 Å². The zero-order valence-electron chi connectivity index (χ0n) is 12.0. The quantitative estimate of drug-likeness (QED) is 0.619. The number of H-pyrrole nitrogens is 1. The van der Waals surface area contributed by atoms with Crippen LogP contribution in [0.3, 0.4) is 0 Å². The van der Waals surface area contributed by atoms with Crippen LogP contribution in [0, 0.1) is 0 Å². The van der Waals surface area contributed by atoms with Crippen molar-refractivity contribution < 1.29 is 24.1 Å². The fraction of sp³-hybridized carbons (Fsp3) is 0.692. The van der Waals surface area contributed by atoms with Crippen molar-refractivity contribution in [2.24, 2.45) is 0 Å². The Balaban J connectivity index is 1.87. The van der Waals surface area contributed by atoms with Gasteiger partial charge in [-0.25, -0.2) is 4.79 Å². The number of rotatable bonds is 0. The Morgan fingerprint density at radius 2 is 2.00 bits per heavy atom. The number of ether oxygens (including phenoxy) is 4. The average molecular weight is 312 g/mol. The molecule has 120 valence electrons. The molecule has 1 unspecified atom stereocenters. The van der Waals surface area contributed by atoms with Gasteiger partial charge in [0.25, 0.3) is 5.56 Å².